The molecule has 4 aliphatic rings. The predicted molar refractivity (Wildman–Crippen MR) is 111 cm³/mol. The molecule has 8 nitrogen and oxygen atoms in total. The van der Waals surface area contributed by atoms with Gasteiger partial charge in [-0.3, -0.25) is 19.2 Å². The van der Waals surface area contributed by atoms with Gasteiger partial charge in [0.1, 0.15) is 11.5 Å². The summed E-state index contributed by atoms with van der Waals surface area (Å²) in [5, 5.41) is 10.7. The molecule has 8 atom stereocenters. The molecule has 2 bridgehead atoms. The Morgan fingerprint density at radius 3 is 2.34 bits per heavy atom. The second kappa shape index (κ2) is 7.32. The minimum atomic E-state index is -1.51. The number of carbonyl (C=O) groups is 4. The zero-order valence-corrected chi connectivity index (χ0v) is 19.1. The lowest BCUT2D eigenvalue weighted by atomic mass is 9.51. The number of hydrogen-bond donors (Lipinski definition) is 1. The highest BCUT2D eigenvalue weighted by atomic mass is 16.6. The first-order valence-electron chi connectivity index (χ1n) is 11.2. The van der Waals surface area contributed by atoms with E-state index in [-0.39, 0.29) is 24.7 Å². The Bertz CT molecular complexity index is 894. The maximum atomic E-state index is 13.4. The third-order valence-electron chi connectivity index (χ3n) is 9.31. The number of allylic oxidation sites excluding steroid dienone is 1. The Balaban J connectivity index is 2.00. The molecule has 3 unspecified atom stereocenters. The Kier molecular flexibility index (Phi) is 5.21. The zero-order chi connectivity index (χ0) is 23.6. The minimum absolute atomic E-state index is 0.207. The number of ether oxygens (including phenoxy) is 3. The molecule has 0 aliphatic heterocycles. The van der Waals surface area contributed by atoms with Crippen molar-refractivity contribution in [3.8, 4) is 0 Å². The topological polar surface area (TPSA) is 116 Å². The van der Waals surface area contributed by atoms with Crippen molar-refractivity contribution in [1.82, 2.24) is 0 Å². The molecule has 176 valence electrons. The van der Waals surface area contributed by atoms with Crippen LogP contribution >= 0.6 is 0 Å². The zero-order valence-electron chi connectivity index (χ0n) is 19.1. The standard InChI is InChI=1S/C24H32O8/c1-12-10-23-11-14(12)6-7-15(23)24(20(27)28)9-8-16(32-13(2)25)22(3,21(29)31-5)18(24)17(23)19(26)30-4/h14-18H,1,6-11H2,2-5H3,(H,27,28)/t14-,15?,16+,17?,18?,22-,23+,24-/m1/s1. The Morgan fingerprint density at radius 2 is 1.78 bits per heavy atom. The van der Waals surface area contributed by atoms with Crippen molar-refractivity contribution in [2.75, 3.05) is 14.2 Å². The molecule has 0 aromatic rings. The van der Waals surface area contributed by atoms with Crippen LogP contribution in [0.15, 0.2) is 12.2 Å². The van der Waals surface area contributed by atoms with Crippen LogP contribution in [-0.2, 0) is 33.4 Å². The largest absolute Gasteiger partial charge is 0.481 e. The third-order valence-corrected chi connectivity index (χ3v) is 9.31. The van der Waals surface area contributed by atoms with E-state index in [1.165, 1.54) is 21.1 Å². The molecule has 4 fully saturated rings. The molecule has 4 rings (SSSR count). The van der Waals surface area contributed by atoms with Crippen LogP contribution in [0.4, 0.5) is 0 Å². The molecule has 0 aromatic heterocycles. The van der Waals surface area contributed by atoms with Crippen molar-refractivity contribution in [3.05, 3.63) is 12.2 Å². The monoisotopic (exact) mass is 448 g/mol. The summed E-state index contributed by atoms with van der Waals surface area (Å²) in [7, 11) is 2.52. The summed E-state index contributed by atoms with van der Waals surface area (Å²) in [4.78, 5) is 51.8. The molecule has 1 spiro atoms. The summed E-state index contributed by atoms with van der Waals surface area (Å²) in [6.07, 6.45) is 2.21. The van der Waals surface area contributed by atoms with Crippen LogP contribution in [0.5, 0.6) is 0 Å². The first-order chi connectivity index (χ1) is 15.0. The van der Waals surface area contributed by atoms with Crippen LogP contribution in [-0.4, -0.2) is 49.3 Å². The number of esters is 3. The summed E-state index contributed by atoms with van der Waals surface area (Å²) >= 11 is 0. The highest BCUT2D eigenvalue weighted by Gasteiger charge is 2.81. The molecule has 0 heterocycles. The smallest absolute Gasteiger partial charge is 0.315 e. The summed E-state index contributed by atoms with van der Waals surface area (Å²) in [5.41, 5.74) is -2.44. The lowest BCUT2D eigenvalue weighted by molar-refractivity contribution is -0.201. The summed E-state index contributed by atoms with van der Waals surface area (Å²) in [5.74, 6) is -4.60. The van der Waals surface area contributed by atoms with E-state index in [0.717, 1.165) is 12.0 Å². The van der Waals surface area contributed by atoms with Crippen LogP contribution in [0.3, 0.4) is 0 Å². The van der Waals surface area contributed by atoms with Crippen LogP contribution in [0.1, 0.15) is 52.4 Å². The van der Waals surface area contributed by atoms with Crippen LogP contribution in [0.2, 0.25) is 0 Å². The SMILES string of the molecule is C=C1C[C@]23C[C@H]1CCC2[C@]1(C(=O)O)CC[C@H](OC(C)=O)[C@@](C)(C(=O)OC)C1C3C(=O)OC. The maximum Gasteiger partial charge on any atom is 0.315 e. The van der Waals surface area contributed by atoms with Gasteiger partial charge in [-0.15, -0.1) is 0 Å². The number of carbonyl (C=O) groups excluding carboxylic acids is 3. The third kappa shape index (κ3) is 2.61. The lowest BCUT2D eigenvalue weighted by Crippen LogP contribution is -2.61. The number of aliphatic carboxylic acids is 1. The summed E-state index contributed by atoms with van der Waals surface area (Å²) < 4.78 is 16.0. The van der Waals surface area contributed by atoms with Gasteiger partial charge in [0.15, 0.2) is 0 Å². The normalized spacial score (nSPS) is 44.2. The number of fused-ring (bicyclic) bond motifs is 3. The number of carboxylic acid groups (broad SMARTS) is 1. The molecule has 4 saturated carbocycles. The summed E-state index contributed by atoms with van der Waals surface area (Å²) in [6.45, 7) is 7.09. The van der Waals surface area contributed by atoms with Gasteiger partial charge in [-0.2, -0.15) is 0 Å². The van der Waals surface area contributed by atoms with Crippen molar-refractivity contribution in [2.45, 2.75) is 58.5 Å². The average Bonchev–Trinajstić information content (AvgIpc) is 3.16. The first-order valence-corrected chi connectivity index (χ1v) is 11.2. The summed E-state index contributed by atoms with van der Waals surface area (Å²) in [6, 6.07) is 0. The van der Waals surface area contributed by atoms with Gasteiger partial charge in [-0.25, -0.2) is 0 Å². The van der Waals surface area contributed by atoms with Crippen molar-refractivity contribution in [1.29, 1.82) is 0 Å². The van der Waals surface area contributed by atoms with Gasteiger partial charge in [0, 0.05) is 12.8 Å². The van der Waals surface area contributed by atoms with Gasteiger partial charge >= 0.3 is 23.9 Å². The second-order valence-electron chi connectivity index (χ2n) is 10.3. The molecule has 0 radical (unpaired) electrons. The Morgan fingerprint density at radius 1 is 1.09 bits per heavy atom. The van der Waals surface area contributed by atoms with E-state index in [1.54, 1.807) is 6.92 Å². The quantitative estimate of drug-likeness (QED) is 0.396. The molecule has 4 aliphatic carbocycles. The fraction of sp³-hybridized carbons (Fsp3) is 0.750. The molecule has 0 aromatic carbocycles. The van der Waals surface area contributed by atoms with E-state index in [0.29, 0.717) is 19.3 Å². The van der Waals surface area contributed by atoms with E-state index in [2.05, 4.69) is 6.58 Å². The van der Waals surface area contributed by atoms with E-state index in [1.807, 2.05) is 0 Å². The van der Waals surface area contributed by atoms with Gasteiger partial charge in [-0.05, 0) is 62.7 Å². The fourth-order valence-electron chi connectivity index (χ4n) is 8.37. The van der Waals surface area contributed by atoms with Crippen molar-refractivity contribution in [3.63, 3.8) is 0 Å². The number of hydrogen-bond acceptors (Lipinski definition) is 7. The molecule has 0 amide bonds. The number of carboxylic acids is 1. The van der Waals surface area contributed by atoms with Gasteiger partial charge in [0.05, 0.1) is 25.6 Å². The molecule has 8 heteroatoms. The van der Waals surface area contributed by atoms with Gasteiger partial charge in [-0.1, -0.05) is 12.2 Å². The minimum Gasteiger partial charge on any atom is -0.481 e. The van der Waals surface area contributed by atoms with E-state index < -0.39 is 58.1 Å². The van der Waals surface area contributed by atoms with Crippen molar-refractivity contribution < 1.29 is 38.5 Å². The number of rotatable bonds is 4. The highest BCUT2D eigenvalue weighted by Crippen LogP contribution is 2.78. The fourth-order valence-corrected chi connectivity index (χ4v) is 8.37. The second-order valence-corrected chi connectivity index (χ2v) is 10.3. The highest BCUT2D eigenvalue weighted by molar-refractivity contribution is 5.87. The molecular formula is C24H32O8. The van der Waals surface area contributed by atoms with Crippen molar-refractivity contribution >= 4 is 23.9 Å². The molecule has 1 N–H and O–H groups in total. The molecular weight excluding hydrogens is 416 g/mol. The van der Waals surface area contributed by atoms with Gasteiger partial charge in [0.2, 0.25) is 0 Å². The van der Waals surface area contributed by atoms with E-state index in [4.69, 9.17) is 14.2 Å². The van der Waals surface area contributed by atoms with Crippen molar-refractivity contribution in [2.24, 2.45) is 39.9 Å². The van der Waals surface area contributed by atoms with Gasteiger partial charge < -0.3 is 19.3 Å². The van der Waals surface area contributed by atoms with Crippen LogP contribution in [0.25, 0.3) is 0 Å². The van der Waals surface area contributed by atoms with E-state index >= 15 is 0 Å². The Labute approximate surface area is 187 Å². The average molecular weight is 449 g/mol. The Hall–Kier alpha value is -2.38. The van der Waals surface area contributed by atoms with Gasteiger partial charge in [0.25, 0.3) is 0 Å². The molecule has 0 saturated heterocycles. The van der Waals surface area contributed by atoms with Crippen LogP contribution < -0.4 is 0 Å². The van der Waals surface area contributed by atoms with E-state index in [9.17, 15) is 24.3 Å². The molecule has 32 heavy (non-hydrogen) atoms. The number of methoxy groups -OCH3 is 2. The first kappa shape index (κ1) is 22.8. The lowest BCUT2D eigenvalue weighted by Gasteiger charge is -2.52. The van der Waals surface area contributed by atoms with Crippen LogP contribution in [0, 0.1) is 39.9 Å². The maximum absolute atomic E-state index is 13.4. The predicted octanol–water partition coefficient (Wildman–Crippen LogP) is 2.74.